The molecule has 2 aromatic rings. The van der Waals surface area contributed by atoms with Gasteiger partial charge in [0.05, 0.1) is 18.2 Å². The van der Waals surface area contributed by atoms with Crippen LogP contribution in [0.25, 0.3) is 0 Å². The van der Waals surface area contributed by atoms with Gasteiger partial charge >= 0.3 is 5.97 Å². The molecule has 2 aromatic carbocycles. The van der Waals surface area contributed by atoms with Gasteiger partial charge in [0.2, 0.25) is 10.0 Å². The van der Waals surface area contributed by atoms with Crippen molar-refractivity contribution in [2.75, 3.05) is 12.8 Å². The van der Waals surface area contributed by atoms with Crippen LogP contribution >= 0.6 is 23.4 Å². The molecule has 0 aliphatic carbocycles. The van der Waals surface area contributed by atoms with E-state index in [1.165, 1.54) is 4.31 Å². The number of piperidine rings is 1. The number of carboxylic acids is 1. The predicted octanol–water partition coefficient (Wildman–Crippen LogP) is 4.36. The van der Waals surface area contributed by atoms with Crippen LogP contribution in [0.15, 0.2) is 48.5 Å². The molecule has 1 saturated heterocycles. The summed E-state index contributed by atoms with van der Waals surface area (Å²) in [5.41, 5.74) is 3.04. The normalized spacial score (nSPS) is 23.1. The Hall–Kier alpha value is -1.54. The van der Waals surface area contributed by atoms with Crippen molar-refractivity contribution >= 4 is 39.4 Å². The van der Waals surface area contributed by atoms with Crippen molar-refractivity contribution in [2.45, 2.75) is 30.4 Å². The smallest absolute Gasteiger partial charge is 0.308 e. The molecule has 1 aliphatic heterocycles. The molecule has 29 heavy (non-hydrogen) atoms. The molecule has 3 atom stereocenters. The number of halogens is 1. The Morgan fingerprint density at radius 1 is 1.17 bits per heavy atom. The molecule has 5 nitrogen and oxygen atoms in total. The van der Waals surface area contributed by atoms with E-state index in [1.54, 1.807) is 11.8 Å². The van der Waals surface area contributed by atoms with Crippen LogP contribution in [0.3, 0.4) is 0 Å². The Kier molecular flexibility index (Phi) is 6.94. The van der Waals surface area contributed by atoms with E-state index >= 15 is 0 Å². The average molecular weight is 454 g/mol. The van der Waals surface area contributed by atoms with Gasteiger partial charge in [0, 0.05) is 22.6 Å². The van der Waals surface area contributed by atoms with Crippen LogP contribution in [0.2, 0.25) is 5.02 Å². The molecule has 8 heteroatoms. The number of benzene rings is 2. The summed E-state index contributed by atoms with van der Waals surface area (Å²) in [6, 6.07) is 14.9. The lowest BCUT2D eigenvalue weighted by molar-refractivity contribution is -0.143. The Balaban J connectivity index is 1.87. The first-order valence-electron chi connectivity index (χ1n) is 9.27. The van der Waals surface area contributed by atoms with Crippen LogP contribution in [0.4, 0.5) is 0 Å². The fourth-order valence-corrected chi connectivity index (χ4v) is 6.18. The molecule has 0 unspecified atom stereocenters. The minimum absolute atomic E-state index is 0.0228. The molecule has 0 bridgehead atoms. The van der Waals surface area contributed by atoms with Gasteiger partial charge in [0.25, 0.3) is 0 Å². The molecule has 1 heterocycles. The van der Waals surface area contributed by atoms with Crippen molar-refractivity contribution in [1.29, 1.82) is 0 Å². The van der Waals surface area contributed by atoms with Crippen LogP contribution in [0.1, 0.15) is 29.2 Å². The first-order chi connectivity index (χ1) is 13.6. The summed E-state index contributed by atoms with van der Waals surface area (Å²) in [6.45, 7) is 1.95. The number of sulfonamides is 1. The number of aliphatic carboxylic acids is 1. The van der Waals surface area contributed by atoms with Crippen LogP contribution in [0.5, 0.6) is 0 Å². The van der Waals surface area contributed by atoms with Crippen molar-refractivity contribution in [2.24, 2.45) is 5.92 Å². The topological polar surface area (TPSA) is 74.7 Å². The van der Waals surface area contributed by atoms with Crippen molar-refractivity contribution < 1.29 is 18.3 Å². The number of thioether (sulfide) groups is 1. The summed E-state index contributed by atoms with van der Waals surface area (Å²) in [5, 5.41) is 10.2. The lowest BCUT2D eigenvalue weighted by Gasteiger charge is -2.41. The summed E-state index contributed by atoms with van der Waals surface area (Å²) in [6.07, 6.45) is 1.60. The molecule has 156 valence electrons. The highest BCUT2D eigenvalue weighted by Gasteiger charge is 2.43. The number of rotatable bonds is 6. The first kappa shape index (κ1) is 22.2. The Morgan fingerprint density at radius 3 is 2.34 bits per heavy atom. The molecule has 1 N–H and O–H groups in total. The summed E-state index contributed by atoms with van der Waals surface area (Å²) >= 11 is 7.50. The summed E-state index contributed by atoms with van der Waals surface area (Å²) in [5.74, 6) is -1.08. The second-order valence-corrected chi connectivity index (χ2v) is 11.0. The largest absolute Gasteiger partial charge is 0.481 e. The van der Waals surface area contributed by atoms with Gasteiger partial charge in [-0.05, 0) is 36.6 Å². The highest BCUT2D eigenvalue weighted by molar-refractivity contribution is 7.99. The highest BCUT2D eigenvalue weighted by Crippen LogP contribution is 2.41. The number of aryl methyl sites for hydroxylation is 1. The van der Waals surface area contributed by atoms with Crippen molar-refractivity contribution in [3.63, 3.8) is 0 Å². The molecule has 0 aromatic heterocycles. The van der Waals surface area contributed by atoms with E-state index in [2.05, 4.69) is 0 Å². The number of hydrogen-bond donors (Lipinski definition) is 1. The standard InChI is InChI=1S/C21H24ClNO4S2/c1-14-3-7-16(8-4-14)19-11-20(28-13-15-5-9-17(22)10-6-15)18(21(24)25)12-23(19)29(2,26)27/h3-10,18-20H,11-13H2,1-2H3,(H,24,25)/t18-,19+,20-/m1/s1. The fourth-order valence-electron chi connectivity index (χ4n) is 3.60. The second kappa shape index (κ2) is 9.08. The van der Waals surface area contributed by atoms with Gasteiger partial charge in [0.15, 0.2) is 0 Å². The molecular formula is C21H24ClNO4S2. The van der Waals surface area contributed by atoms with Crippen LogP contribution in [-0.4, -0.2) is 41.8 Å². The third-order valence-corrected chi connectivity index (χ3v) is 8.17. The minimum atomic E-state index is -3.55. The molecule has 1 fully saturated rings. The van der Waals surface area contributed by atoms with Gasteiger partial charge in [0.1, 0.15) is 0 Å². The van der Waals surface area contributed by atoms with Crippen LogP contribution < -0.4 is 0 Å². The van der Waals surface area contributed by atoms with Crippen LogP contribution in [0, 0.1) is 12.8 Å². The van der Waals surface area contributed by atoms with Crippen molar-refractivity contribution in [1.82, 2.24) is 4.31 Å². The molecule has 0 radical (unpaired) electrons. The molecule has 0 spiro atoms. The van der Waals surface area contributed by atoms with Gasteiger partial charge < -0.3 is 5.11 Å². The zero-order valence-electron chi connectivity index (χ0n) is 16.3. The van der Waals surface area contributed by atoms with Gasteiger partial charge in [-0.1, -0.05) is 53.6 Å². The lowest BCUT2D eigenvalue weighted by Crippen LogP contribution is -2.49. The molecule has 0 amide bonds. The maximum atomic E-state index is 12.4. The van der Waals surface area contributed by atoms with E-state index in [0.717, 1.165) is 22.9 Å². The third-order valence-electron chi connectivity index (χ3n) is 5.21. The minimum Gasteiger partial charge on any atom is -0.481 e. The molecule has 0 saturated carbocycles. The van der Waals surface area contributed by atoms with Gasteiger partial charge in [-0.2, -0.15) is 16.1 Å². The quantitative estimate of drug-likeness (QED) is 0.703. The van der Waals surface area contributed by atoms with E-state index in [-0.39, 0.29) is 17.8 Å². The van der Waals surface area contributed by atoms with E-state index in [1.807, 2.05) is 55.5 Å². The van der Waals surface area contributed by atoms with Crippen molar-refractivity contribution in [3.05, 3.63) is 70.2 Å². The third kappa shape index (κ3) is 5.54. The summed E-state index contributed by atoms with van der Waals surface area (Å²) in [4.78, 5) is 11.9. The zero-order valence-corrected chi connectivity index (χ0v) is 18.7. The van der Waals surface area contributed by atoms with E-state index in [4.69, 9.17) is 11.6 Å². The number of carbonyl (C=O) groups is 1. The van der Waals surface area contributed by atoms with E-state index in [9.17, 15) is 18.3 Å². The Labute approximate surface area is 181 Å². The van der Waals surface area contributed by atoms with Crippen molar-refractivity contribution in [3.8, 4) is 0 Å². The monoisotopic (exact) mass is 453 g/mol. The van der Waals surface area contributed by atoms with Gasteiger partial charge in [-0.25, -0.2) is 8.42 Å². The number of hydrogen-bond acceptors (Lipinski definition) is 4. The zero-order chi connectivity index (χ0) is 21.2. The molecular weight excluding hydrogens is 430 g/mol. The lowest BCUT2D eigenvalue weighted by atomic mass is 9.90. The molecule has 1 aliphatic rings. The van der Waals surface area contributed by atoms with Crippen LogP contribution in [-0.2, 0) is 20.6 Å². The van der Waals surface area contributed by atoms with Gasteiger partial charge in [-0.15, -0.1) is 0 Å². The van der Waals surface area contributed by atoms with E-state index < -0.39 is 21.9 Å². The second-order valence-electron chi connectivity index (χ2n) is 7.42. The number of carboxylic acid groups (broad SMARTS) is 1. The summed E-state index contributed by atoms with van der Waals surface area (Å²) in [7, 11) is -3.55. The Morgan fingerprint density at radius 2 is 1.79 bits per heavy atom. The SMILES string of the molecule is Cc1ccc([C@@H]2C[C@@H](SCc3ccc(Cl)cc3)[C@H](C(=O)O)CN2S(C)(=O)=O)cc1. The maximum Gasteiger partial charge on any atom is 0.308 e. The predicted molar refractivity (Wildman–Crippen MR) is 118 cm³/mol. The first-order valence-corrected chi connectivity index (χ1v) is 12.5. The summed E-state index contributed by atoms with van der Waals surface area (Å²) < 4.78 is 26.2. The number of nitrogens with zero attached hydrogens (tertiary/aromatic N) is 1. The van der Waals surface area contributed by atoms with E-state index in [0.29, 0.717) is 17.2 Å². The average Bonchev–Trinajstić information content (AvgIpc) is 2.66. The Bertz CT molecular complexity index is 961. The van der Waals surface area contributed by atoms with Gasteiger partial charge in [-0.3, -0.25) is 4.79 Å². The highest BCUT2D eigenvalue weighted by atomic mass is 35.5. The fraction of sp³-hybridized carbons (Fsp3) is 0.381. The molecule has 3 rings (SSSR count). The maximum absolute atomic E-state index is 12.4.